The molecule has 0 aromatic heterocycles. The third-order valence-corrected chi connectivity index (χ3v) is 10.6. The molecule has 0 saturated heterocycles. The van der Waals surface area contributed by atoms with Gasteiger partial charge < -0.3 is 9.84 Å². The molecule has 186 valence electrons. The maximum atomic E-state index is 11.8. The number of cyclic esters (lactones) is 1. The van der Waals surface area contributed by atoms with E-state index in [0.717, 1.165) is 32.1 Å². The number of ether oxygens (including phenoxy) is 1. The van der Waals surface area contributed by atoms with E-state index in [1.807, 2.05) is 6.08 Å². The highest BCUT2D eigenvalue weighted by atomic mass is 16.5. The van der Waals surface area contributed by atoms with Gasteiger partial charge in [-0.3, -0.25) is 4.79 Å². The van der Waals surface area contributed by atoms with Crippen molar-refractivity contribution < 1.29 is 19.4 Å². The first-order chi connectivity index (χ1) is 15.8. The predicted octanol–water partition coefficient (Wildman–Crippen LogP) is 7.24. The van der Waals surface area contributed by atoms with Crippen molar-refractivity contribution in [2.24, 2.45) is 39.9 Å². The normalized spacial score (nSPS) is 41.3. The van der Waals surface area contributed by atoms with Gasteiger partial charge in [-0.1, -0.05) is 51.5 Å². The summed E-state index contributed by atoms with van der Waals surface area (Å²) in [6.45, 7) is 17.8. The molecule has 4 heteroatoms. The van der Waals surface area contributed by atoms with Crippen molar-refractivity contribution in [2.45, 2.75) is 86.5 Å². The molecule has 34 heavy (non-hydrogen) atoms. The monoisotopic (exact) mass is 466 g/mol. The molecule has 1 heterocycles. The molecule has 1 aliphatic heterocycles. The van der Waals surface area contributed by atoms with Crippen molar-refractivity contribution in [3.05, 3.63) is 47.3 Å². The fraction of sp³-hybridized carbons (Fsp3) is 0.667. The number of carboxylic acids is 1. The van der Waals surface area contributed by atoms with Crippen LogP contribution in [0.1, 0.15) is 86.5 Å². The first-order valence-corrected chi connectivity index (χ1v) is 13.0. The second-order valence-electron chi connectivity index (χ2n) is 12.3. The van der Waals surface area contributed by atoms with Crippen LogP contribution in [-0.2, 0) is 14.3 Å². The molecule has 7 atom stereocenters. The maximum Gasteiger partial charge on any atom is 0.339 e. The summed E-state index contributed by atoms with van der Waals surface area (Å²) in [5.41, 5.74) is 3.64. The van der Waals surface area contributed by atoms with Gasteiger partial charge in [0.15, 0.2) is 0 Å². The predicted molar refractivity (Wildman–Crippen MR) is 135 cm³/mol. The van der Waals surface area contributed by atoms with Crippen LogP contribution in [0.5, 0.6) is 0 Å². The minimum absolute atomic E-state index is 0.0648. The lowest BCUT2D eigenvalue weighted by molar-refractivity contribution is -0.138. The third kappa shape index (κ3) is 3.72. The highest BCUT2D eigenvalue weighted by Gasteiger charge is 2.63. The molecule has 0 spiro atoms. The smallest absolute Gasteiger partial charge is 0.339 e. The average Bonchev–Trinajstić information content (AvgIpc) is 3.21. The molecule has 4 rings (SSSR count). The number of hydrogen-bond donors (Lipinski definition) is 1. The van der Waals surface area contributed by atoms with Crippen LogP contribution in [0.25, 0.3) is 0 Å². The molecule has 4 aliphatic rings. The molecule has 1 N–H and O–H groups in total. The van der Waals surface area contributed by atoms with Crippen LogP contribution < -0.4 is 0 Å². The van der Waals surface area contributed by atoms with Crippen molar-refractivity contribution in [1.29, 1.82) is 0 Å². The molecule has 1 unspecified atom stereocenters. The Morgan fingerprint density at radius 3 is 2.59 bits per heavy atom. The Bertz CT molecular complexity index is 999. The Balaban J connectivity index is 1.66. The third-order valence-electron chi connectivity index (χ3n) is 10.6. The Morgan fingerprint density at radius 2 is 2.00 bits per heavy atom. The van der Waals surface area contributed by atoms with Gasteiger partial charge in [-0.15, -0.1) is 0 Å². The number of allylic oxidation sites excluding steroid dienone is 5. The average molecular weight is 467 g/mol. The zero-order valence-electron chi connectivity index (χ0n) is 21.9. The van der Waals surface area contributed by atoms with Gasteiger partial charge in [-0.05, 0) is 104 Å². The molecule has 0 radical (unpaired) electrons. The summed E-state index contributed by atoms with van der Waals surface area (Å²) in [5.74, 6) is 1.34. The summed E-state index contributed by atoms with van der Waals surface area (Å²) >= 11 is 0. The Hall–Kier alpha value is -2.10. The van der Waals surface area contributed by atoms with E-state index in [-0.39, 0.29) is 28.6 Å². The Kier molecular flexibility index (Phi) is 6.28. The molecule has 0 bridgehead atoms. The number of carbonyl (C=O) groups excluding carboxylic acids is 1. The summed E-state index contributed by atoms with van der Waals surface area (Å²) in [6, 6.07) is 0. The minimum Gasteiger partial charge on any atom is -0.481 e. The molecular weight excluding hydrogens is 424 g/mol. The Labute approximate surface area is 205 Å². The summed E-state index contributed by atoms with van der Waals surface area (Å²) in [6.07, 6.45) is 13.0. The molecule has 3 aliphatic carbocycles. The zero-order valence-corrected chi connectivity index (χ0v) is 21.9. The SMILES string of the molecule is C=C(C)[C@@H]1CC=C2C(CC[C@]3(C)[C@@H]([C@H](C)/C=C4\C=C(C)C(=O)O4)CC[C@@]23C)[C@@]1(C)CCC(=O)O. The largest absolute Gasteiger partial charge is 0.481 e. The van der Waals surface area contributed by atoms with Crippen LogP contribution in [0.3, 0.4) is 0 Å². The highest BCUT2D eigenvalue weighted by molar-refractivity contribution is 5.92. The van der Waals surface area contributed by atoms with E-state index in [1.165, 1.54) is 5.57 Å². The fourth-order valence-electron chi connectivity index (χ4n) is 8.47. The number of rotatable bonds is 6. The van der Waals surface area contributed by atoms with Crippen molar-refractivity contribution in [3.63, 3.8) is 0 Å². The molecule has 0 amide bonds. The van der Waals surface area contributed by atoms with Gasteiger partial charge in [0, 0.05) is 12.0 Å². The second kappa shape index (κ2) is 8.53. The van der Waals surface area contributed by atoms with Crippen LogP contribution in [0.2, 0.25) is 0 Å². The van der Waals surface area contributed by atoms with Gasteiger partial charge in [0.2, 0.25) is 0 Å². The van der Waals surface area contributed by atoms with Crippen LogP contribution in [-0.4, -0.2) is 17.0 Å². The van der Waals surface area contributed by atoms with E-state index in [4.69, 9.17) is 4.74 Å². The highest BCUT2D eigenvalue weighted by Crippen LogP contribution is 2.71. The summed E-state index contributed by atoms with van der Waals surface area (Å²) < 4.78 is 5.45. The van der Waals surface area contributed by atoms with Crippen molar-refractivity contribution in [1.82, 2.24) is 0 Å². The van der Waals surface area contributed by atoms with E-state index >= 15 is 0 Å². The van der Waals surface area contributed by atoms with Crippen LogP contribution in [0.4, 0.5) is 0 Å². The maximum absolute atomic E-state index is 11.8. The topological polar surface area (TPSA) is 63.6 Å². The van der Waals surface area contributed by atoms with Crippen molar-refractivity contribution >= 4 is 11.9 Å². The van der Waals surface area contributed by atoms with E-state index in [2.05, 4.69) is 53.3 Å². The van der Waals surface area contributed by atoms with E-state index in [0.29, 0.717) is 41.4 Å². The van der Waals surface area contributed by atoms with Crippen molar-refractivity contribution in [3.8, 4) is 0 Å². The molecule has 0 aromatic rings. The van der Waals surface area contributed by atoms with Gasteiger partial charge >= 0.3 is 11.9 Å². The quantitative estimate of drug-likeness (QED) is 0.331. The summed E-state index contributed by atoms with van der Waals surface area (Å²) in [5, 5.41) is 9.49. The lowest BCUT2D eigenvalue weighted by Crippen LogP contribution is -2.52. The number of fused-ring (bicyclic) bond motifs is 3. The second-order valence-corrected chi connectivity index (χ2v) is 12.3. The van der Waals surface area contributed by atoms with Gasteiger partial charge in [-0.25, -0.2) is 4.79 Å². The van der Waals surface area contributed by atoms with Crippen LogP contribution >= 0.6 is 0 Å². The molecular formula is C30H42O4. The first kappa shape index (κ1) is 25.0. The lowest BCUT2D eigenvalue weighted by Gasteiger charge is -2.60. The molecule has 0 aromatic carbocycles. The summed E-state index contributed by atoms with van der Waals surface area (Å²) in [4.78, 5) is 23.4. The standard InChI is InChI=1S/C30H42O4/c1-18(2)22-8-9-25-24(28(22,5)13-12-26(31)32)11-15-29(6)23(10-14-30(25,29)7)19(3)16-21-17-20(4)27(33)34-21/h9,16-17,19,22-24H,1,8,10-15H2,2-7H3,(H,31,32)/b21-16+/t19-,22+,23-,24?,28+,29-,30+/m1/s1. The number of carbonyl (C=O) groups is 2. The molecule has 4 nitrogen and oxygen atoms in total. The number of hydrogen-bond acceptors (Lipinski definition) is 3. The van der Waals surface area contributed by atoms with Gasteiger partial charge in [0.25, 0.3) is 0 Å². The van der Waals surface area contributed by atoms with Gasteiger partial charge in [0.05, 0.1) is 0 Å². The Morgan fingerprint density at radius 1 is 1.29 bits per heavy atom. The molecule has 2 fully saturated rings. The van der Waals surface area contributed by atoms with E-state index < -0.39 is 5.97 Å². The lowest BCUT2D eigenvalue weighted by atomic mass is 9.44. The van der Waals surface area contributed by atoms with Crippen LogP contribution in [0.15, 0.2) is 47.3 Å². The zero-order chi connectivity index (χ0) is 25.1. The van der Waals surface area contributed by atoms with E-state index in [9.17, 15) is 14.7 Å². The van der Waals surface area contributed by atoms with Crippen LogP contribution in [0, 0.1) is 39.9 Å². The van der Waals surface area contributed by atoms with Gasteiger partial charge in [0.1, 0.15) is 5.76 Å². The van der Waals surface area contributed by atoms with E-state index in [1.54, 1.807) is 12.5 Å². The number of carboxylic acid groups (broad SMARTS) is 1. The van der Waals surface area contributed by atoms with Crippen molar-refractivity contribution in [2.75, 3.05) is 0 Å². The molecule has 2 saturated carbocycles. The number of esters is 1. The van der Waals surface area contributed by atoms with Gasteiger partial charge in [-0.2, -0.15) is 0 Å². The number of aliphatic carboxylic acids is 1. The minimum atomic E-state index is -0.704. The first-order valence-electron chi connectivity index (χ1n) is 13.0. The summed E-state index contributed by atoms with van der Waals surface area (Å²) in [7, 11) is 0. The fourth-order valence-corrected chi connectivity index (χ4v) is 8.47.